The maximum atomic E-state index is 11.2. The molecule has 0 aliphatic heterocycles. The highest BCUT2D eigenvalue weighted by atomic mass is 35.5. The van der Waals surface area contributed by atoms with Gasteiger partial charge in [0.05, 0.1) is 11.1 Å². The molecule has 0 heterocycles. The van der Waals surface area contributed by atoms with Gasteiger partial charge in [0.2, 0.25) is 0 Å². The summed E-state index contributed by atoms with van der Waals surface area (Å²) >= 11 is 5.63. The van der Waals surface area contributed by atoms with Gasteiger partial charge in [-0.2, -0.15) is 0 Å². The first-order chi connectivity index (χ1) is 8.49. The Bertz CT molecular complexity index is 415. The average Bonchev–Trinajstić information content (AvgIpc) is 2.34. The lowest BCUT2D eigenvalue weighted by Gasteiger charge is -2.21. The van der Waals surface area contributed by atoms with Crippen LogP contribution in [-0.4, -0.2) is 23.2 Å². The van der Waals surface area contributed by atoms with Crippen molar-refractivity contribution in [2.75, 3.05) is 11.8 Å². The SMILES string of the molecule is CC(Cl)COC(=O)C=Cc1ccc(N([O-])O)cc1. The van der Waals surface area contributed by atoms with Gasteiger partial charge in [-0.3, -0.25) is 5.21 Å². The third-order valence-electron chi connectivity index (χ3n) is 1.98. The van der Waals surface area contributed by atoms with Crippen LogP contribution in [0.2, 0.25) is 0 Å². The predicted octanol–water partition coefficient (Wildman–Crippen LogP) is 2.56. The van der Waals surface area contributed by atoms with Crippen LogP contribution in [-0.2, 0) is 9.53 Å². The van der Waals surface area contributed by atoms with Gasteiger partial charge in [0.25, 0.3) is 0 Å². The van der Waals surface area contributed by atoms with Gasteiger partial charge in [-0.15, -0.1) is 11.6 Å². The first-order valence-corrected chi connectivity index (χ1v) is 5.68. The highest BCUT2D eigenvalue weighted by Gasteiger charge is 2.00. The summed E-state index contributed by atoms with van der Waals surface area (Å²) in [7, 11) is 0. The summed E-state index contributed by atoms with van der Waals surface area (Å²) in [6.45, 7) is 1.88. The summed E-state index contributed by atoms with van der Waals surface area (Å²) in [6, 6.07) is 6.03. The van der Waals surface area contributed by atoms with E-state index in [0.717, 1.165) is 0 Å². The fourth-order valence-corrected chi connectivity index (χ4v) is 1.19. The number of alkyl halides is 1. The maximum absolute atomic E-state index is 11.2. The van der Waals surface area contributed by atoms with Crippen molar-refractivity contribution in [2.24, 2.45) is 0 Å². The number of rotatable bonds is 5. The van der Waals surface area contributed by atoms with Crippen LogP contribution in [0.4, 0.5) is 5.69 Å². The Labute approximate surface area is 110 Å². The number of hydrogen-bond donors (Lipinski definition) is 1. The van der Waals surface area contributed by atoms with Crippen molar-refractivity contribution >= 4 is 29.3 Å². The Morgan fingerprint density at radius 2 is 2.17 bits per heavy atom. The zero-order valence-electron chi connectivity index (χ0n) is 9.75. The van der Waals surface area contributed by atoms with E-state index in [1.54, 1.807) is 19.1 Å². The molecule has 1 N–H and O–H groups in total. The number of nitrogens with zero attached hydrogens (tertiary/aromatic N) is 1. The maximum Gasteiger partial charge on any atom is 0.330 e. The van der Waals surface area contributed by atoms with Crippen LogP contribution in [0, 0.1) is 5.21 Å². The van der Waals surface area contributed by atoms with E-state index in [-0.39, 0.29) is 22.9 Å². The summed E-state index contributed by atoms with van der Waals surface area (Å²) in [6.07, 6.45) is 2.81. The van der Waals surface area contributed by atoms with Gasteiger partial charge < -0.3 is 15.2 Å². The number of carbonyl (C=O) groups excluding carboxylic acids is 1. The molecular formula is C12H13ClNO4-. The van der Waals surface area contributed by atoms with E-state index in [0.29, 0.717) is 5.56 Å². The Kier molecular flexibility index (Phi) is 5.64. The van der Waals surface area contributed by atoms with E-state index < -0.39 is 5.97 Å². The summed E-state index contributed by atoms with van der Waals surface area (Å²) in [4.78, 5) is 11.2. The van der Waals surface area contributed by atoms with Gasteiger partial charge in [0.15, 0.2) is 0 Å². The zero-order valence-corrected chi connectivity index (χ0v) is 10.5. The van der Waals surface area contributed by atoms with Crippen molar-refractivity contribution in [3.8, 4) is 0 Å². The average molecular weight is 271 g/mol. The molecule has 1 atom stereocenters. The van der Waals surface area contributed by atoms with E-state index >= 15 is 0 Å². The Morgan fingerprint density at radius 1 is 1.56 bits per heavy atom. The number of carbonyl (C=O) groups is 1. The number of esters is 1. The molecule has 0 saturated heterocycles. The molecule has 0 saturated carbocycles. The van der Waals surface area contributed by atoms with E-state index in [1.807, 2.05) is 0 Å². The lowest BCUT2D eigenvalue weighted by molar-refractivity contribution is -0.137. The van der Waals surface area contributed by atoms with Crippen molar-refractivity contribution in [2.45, 2.75) is 12.3 Å². The lowest BCUT2D eigenvalue weighted by atomic mass is 10.2. The van der Waals surface area contributed by atoms with E-state index in [2.05, 4.69) is 0 Å². The second kappa shape index (κ2) is 7.00. The topological polar surface area (TPSA) is 72.8 Å². The highest BCUT2D eigenvalue weighted by molar-refractivity contribution is 6.20. The molecule has 0 bridgehead atoms. The quantitative estimate of drug-likeness (QED) is 0.385. The van der Waals surface area contributed by atoms with Gasteiger partial charge in [-0.1, -0.05) is 12.1 Å². The first kappa shape index (κ1) is 14.5. The third-order valence-corrected chi connectivity index (χ3v) is 2.11. The number of benzene rings is 1. The molecular weight excluding hydrogens is 258 g/mol. The first-order valence-electron chi connectivity index (χ1n) is 5.24. The van der Waals surface area contributed by atoms with Crippen molar-refractivity contribution < 1.29 is 14.7 Å². The minimum absolute atomic E-state index is 0.116. The molecule has 0 aromatic heterocycles. The van der Waals surface area contributed by atoms with Gasteiger partial charge in [0.1, 0.15) is 6.61 Å². The Balaban J connectivity index is 2.53. The van der Waals surface area contributed by atoms with Crippen LogP contribution in [0.1, 0.15) is 12.5 Å². The van der Waals surface area contributed by atoms with Crippen molar-refractivity contribution in [3.05, 3.63) is 41.1 Å². The van der Waals surface area contributed by atoms with E-state index in [9.17, 15) is 10.0 Å². The fraction of sp³-hybridized carbons (Fsp3) is 0.250. The fourth-order valence-electron chi connectivity index (χ4n) is 1.12. The van der Waals surface area contributed by atoms with E-state index in [4.69, 9.17) is 21.5 Å². The van der Waals surface area contributed by atoms with Gasteiger partial charge in [-0.25, -0.2) is 4.79 Å². The summed E-state index contributed by atoms with van der Waals surface area (Å²) in [5.74, 6) is -0.487. The normalized spacial score (nSPS) is 12.4. The number of anilines is 1. The zero-order chi connectivity index (χ0) is 13.5. The van der Waals surface area contributed by atoms with Crippen molar-refractivity contribution in [3.63, 3.8) is 0 Å². The second-order valence-electron chi connectivity index (χ2n) is 3.61. The van der Waals surface area contributed by atoms with Gasteiger partial charge >= 0.3 is 5.97 Å². The molecule has 1 aromatic carbocycles. The largest absolute Gasteiger partial charge is 0.733 e. The van der Waals surface area contributed by atoms with Crippen LogP contribution in [0.5, 0.6) is 0 Å². The molecule has 0 aliphatic carbocycles. The van der Waals surface area contributed by atoms with E-state index in [1.165, 1.54) is 24.3 Å². The van der Waals surface area contributed by atoms with Crippen LogP contribution in [0.3, 0.4) is 0 Å². The summed E-state index contributed by atoms with van der Waals surface area (Å²) in [5.41, 5.74) is 0.821. The Hall–Kier alpha value is -1.56. The van der Waals surface area contributed by atoms with Crippen LogP contribution in [0.25, 0.3) is 6.08 Å². The molecule has 5 nitrogen and oxygen atoms in total. The summed E-state index contributed by atoms with van der Waals surface area (Å²) in [5, 5.41) is 18.7. The van der Waals surface area contributed by atoms with Gasteiger partial charge in [0, 0.05) is 6.08 Å². The molecule has 6 heteroatoms. The van der Waals surface area contributed by atoms with Crippen LogP contribution < -0.4 is 5.23 Å². The molecule has 98 valence electrons. The van der Waals surface area contributed by atoms with Crippen molar-refractivity contribution in [1.82, 2.24) is 0 Å². The smallest absolute Gasteiger partial charge is 0.330 e. The molecule has 1 rings (SSSR count). The molecule has 1 aromatic rings. The van der Waals surface area contributed by atoms with Crippen LogP contribution >= 0.6 is 11.6 Å². The summed E-state index contributed by atoms with van der Waals surface area (Å²) < 4.78 is 4.83. The third kappa shape index (κ3) is 5.18. The molecule has 0 spiro atoms. The molecule has 18 heavy (non-hydrogen) atoms. The standard InChI is InChI=1S/C12H13ClNO4/c1-9(13)8-18-12(15)7-4-10-2-5-11(6-3-10)14(16)17/h2-7,9,16H,8H2,1H3/q-1. The number of ether oxygens (including phenoxy) is 1. The second-order valence-corrected chi connectivity index (χ2v) is 4.35. The minimum atomic E-state index is -0.487. The molecule has 1 unspecified atom stereocenters. The van der Waals surface area contributed by atoms with Crippen LogP contribution in [0.15, 0.2) is 30.3 Å². The molecule has 0 aliphatic rings. The highest BCUT2D eigenvalue weighted by Crippen LogP contribution is 2.13. The Morgan fingerprint density at radius 3 is 2.67 bits per heavy atom. The lowest BCUT2D eigenvalue weighted by Crippen LogP contribution is -2.09. The monoisotopic (exact) mass is 270 g/mol. The molecule has 0 amide bonds. The molecule has 0 radical (unpaired) electrons. The molecule has 0 fully saturated rings. The number of halogens is 1. The number of hydrogen-bond acceptors (Lipinski definition) is 5. The minimum Gasteiger partial charge on any atom is -0.733 e. The van der Waals surface area contributed by atoms with Crippen molar-refractivity contribution in [1.29, 1.82) is 0 Å². The predicted molar refractivity (Wildman–Crippen MR) is 69.4 cm³/mol. The van der Waals surface area contributed by atoms with Gasteiger partial charge in [-0.05, 0) is 30.7 Å².